The molecule has 0 aromatic heterocycles. The van der Waals surface area contributed by atoms with Gasteiger partial charge in [0.15, 0.2) is 0 Å². The van der Waals surface area contributed by atoms with Crippen molar-refractivity contribution >= 4 is 11.8 Å². The molecule has 1 atom stereocenters. The van der Waals surface area contributed by atoms with E-state index in [0.29, 0.717) is 18.9 Å². The van der Waals surface area contributed by atoms with E-state index in [2.05, 4.69) is 0 Å². The first-order valence-corrected chi connectivity index (χ1v) is 7.23. The molecule has 2 amide bonds. The molecule has 2 N–H and O–H groups in total. The van der Waals surface area contributed by atoms with E-state index in [0.717, 1.165) is 38.5 Å². The molecular formula is C14H22N2O2. The van der Waals surface area contributed by atoms with Crippen LogP contribution in [-0.4, -0.2) is 29.3 Å². The van der Waals surface area contributed by atoms with E-state index in [1.54, 1.807) is 0 Å². The van der Waals surface area contributed by atoms with Crippen LogP contribution in [0.15, 0.2) is 0 Å². The summed E-state index contributed by atoms with van der Waals surface area (Å²) >= 11 is 0. The minimum absolute atomic E-state index is 0.00311. The first kappa shape index (κ1) is 12.2. The van der Waals surface area contributed by atoms with E-state index in [1.807, 2.05) is 0 Å². The molecule has 1 aliphatic heterocycles. The van der Waals surface area contributed by atoms with Gasteiger partial charge in [0.2, 0.25) is 11.8 Å². The lowest BCUT2D eigenvalue weighted by molar-refractivity contribution is -0.142. The molecule has 1 heterocycles. The van der Waals surface area contributed by atoms with Gasteiger partial charge in [-0.3, -0.25) is 14.5 Å². The SMILES string of the molecule is NC(CN1C(=O)CC2(CCCCC2)C1=O)C1CC1. The van der Waals surface area contributed by atoms with Crippen LogP contribution in [0.4, 0.5) is 0 Å². The summed E-state index contributed by atoms with van der Waals surface area (Å²) in [5.41, 5.74) is 5.71. The van der Waals surface area contributed by atoms with Gasteiger partial charge in [-0.15, -0.1) is 0 Å². The highest BCUT2D eigenvalue weighted by molar-refractivity contribution is 6.06. The van der Waals surface area contributed by atoms with Crippen LogP contribution in [0.2, 0.25) is 0 Å². The molecular weight excluding hydrogens is 228 g/mol. The smallest absolute Gasteiger partial charge is 0.235 e. The van der Waals surface area contributed by atoms with Crippen molar-refractivity contribution in [3.8, 4) is 0 Å². The summed E-state index contributed by atoms with van der Waals surface area (Å²) in [6.07, 6.45) is 7.90. The van der Waals surface area contributed by atoms with Crippen LogP contribution in [0.5, 0.6) is 0 Å². The average molecular weight is 250 g/mol. The van der Waals surface area contributed by atoms with Crippen molar-refractivity contribution in [1.82, 2.24) is 4.90 Å². The fraction of sp³-hybridized carbons (Fsp3) is 0.857. The predicted molar refractivity (Wildman–Crippen MR) is 67.6 cm³/mol. The van der Waals surface area contributed by atoms with Crippen LogP contribution < -0.4 is 5.73 Å². The van der Waals surface area contributed by atoms with Gasteiger partial charge < -0.3 is 5.73 Å². The molecule has 0 radical (unpaired) electrons. The van der Waals surface area contributed by atoms with Gasteiger partial charge in [-0.2, -0.15) is 0 Å². The van der Waals surface area contributed by atoms with Gasteiger partial charge in [0.25, 0.3) is 0 Å². The monoisotopic (exact) mass is 250 g/mol. The van der Waals surface area contributed by atoms with E-state index < -0.39 is 0 Å². The van der Waals surface area contributed by atoms with Crippen molar-refractivity contribution in [3.63, 3.8) is 0 Å². The van der Waals surface area contributed by atoms with Crippen molar-refractivity contribution in [1.29, 1.82) is 0 Å². The van der Waals surface area contributed by atoms with Crippen LogP contribution in [0.25, 0.3) is 0 Å². The summed E-state index contributed by atoms with van der Waals surface area (Å²) in [6.45, 7) is 0.448. The molecule has 18 heavy (non-hydrogen) atoms. The van der Waals surface area contributed by atoms with Crippen molar-refractivity contribution in [2.45, 2.75) is 57.4 Å². The van der Waals surface area contributed by atoms with Gasteiger partial charge >= 0.3 is 0 Å². The van der Waals surface area contributed by atoms with Crippen molar-refractivity contribution in [3.05, 3.63) is 0 Å². The zero-order chi connectivity index (χ0) is 12.8. The molecule has 0 bridgehead atoms. The van der Waals surface area contributed by atoms with Crippen LogP contribution >= 0.6 is 0 Å². The van der Waals surface area contributed by atoms with E-state index in [-0.39, 0.29) is 23.3 Å². The first-order chi connectivity index (χ1) is 8.62. The van der Waals surface area contributed by atoms with Gasteiger partial charge in [-0.1, -0.05) is 19.3 Å². The topological polar surface area (TPSA) is 63.4 Å². The van der Waals surface area contributed by atoms with Gasteiger partial charge in [0.1, 0.15) is 0 Å². The molecule has 100 valence electrons. The van der Waals surface area contributed by atoms with Gasteiger partial charge in [-0.05, 0) is 31.6 Å². The van der Waals surface area contributed by atoms with Crippen molar-refractivity contribution in [2.75, 3.05) is 6.54 Å². The molecule has 4 nitrogen and oxygen atoms in total. The Bertz CT molecular complexity index is 370. The van der Waals surface area contributed by atoms with E-state index in [4.69, 9.17) is 5.73 Å². The zero-order valence-electron chi connectivity index (χ0n) is 10.9. The standard InChI is InChI=1S/C14H22N2O2/c15-11(10-4-5-10)9-16-12(17)8-14(13(16)18)6-2-1-3-7-14/h10-11H,1-9,15H2. The summed E-state index contributed by atoms with van der Waals surface area (Å²) in [7, 11) is 0. The molecule has 1 spiro atoms. The van der Waals surface area contributed by atoms with Gasteiger partial charge in [0, 0.05) is 19.0 Å². The third kappa shape index (κ3) is 1.96. The van der Waals surface area contributed by atoms with Crippen molar-refractivity contribution < 1.29 is 9.59 Å². The Morgan fingerprint density at radius 1 is 1.22 bits per heavy atom. The Morgan fingerprint density at radius 3 is 2.50 bits per heavy atom. The van der Waals surface area contributed by atoms with Crippen LogP contribution in [0.3, 0.4) is 0 Å². The summed E-state index contributed by atoms with van der Waals surface area (Å²) in [6, 6.07) is -0.00311. The van der Waals surface area contributed by atoms with E-state index >= 15 is 0 Å². The number of hydrogen-bond acceptors (Lipinski definition) is 3. The molecule has 2 saturated carbocycles. The third-order valence-corrected chi connectivity index (χ3v) is 4.92. The summed E-state index contributed by atoms with van der Waals surface area (Å²) in [5.74, 6) is 0.620. The number of hydrogen-bond donors (Lipinski definition) is 1. The Hall–Kier alpha value is -0.900. The number of carbonyl (C=O) groups excluding carboxylic acids is 2. The Balaban J connectivity index is 1.71. The number of nitrogens with two attached hydrogens (primary N) is 1. The van der Waals surface area contributed by atoms with Gasteiger partial charge in [-0.25, -0.2) is 0 Å². The number of imide groups is 1. The molecule has 0 aromatic carbocycles. The maximum absolute atomic E-state index is 12.5. The normalized spacial score (nSPS) is 29.1. The largest absolute Gasteiger partial charge is 0.326 e. The minimum Gasteiger partial charge on any atom is -0.326 e. The number of nitrogens with zero attached hydrogens (tertiary/aromatic N) is 1. The number of likely N-dealkylation sites (tertiary alicyclic amines) is 1. The summed E-state index contributed by atoms with van der Waals surface area (Å²) in [5, 5.41) is 0. The first-order valence-electron chi connectivity index (χ1n) is 7.23. The van der Waals surface area contributed by atoms with Crippen LogP contribution in [0, 0.1) is 11.3 Å². The Kier molecular flexibility index (Phi) is 2.93. The molecule has 1 saturated heterocycles. The Morgan fingerprint density at radius 2 is 1.89 bits per heavy atom. The Labute approximate surface area is 108 Å². The lowest BCUT2D eigenvalue weighted by Crippen LogP contribution is -2.44. The van der Waals surface area contributed by atoms with Crippen molar-refractivity contribution in [2.24, 2.45) is 17.1 Å². The average Bonchev–Trinajstić information content (AvgIpc) is 3.17. The summed E-state index contributed by atoms with van der Waals surface area (Å²) < 4.78 is 0. The highest BCUT2D eigenvalue weighted by Crippen LogP contribution is 2.45. The molecule has 2 aliphatic carbocycles. The highest BCUT2D eigenvalue weighted by atomic mass is 16.2. The fourth-order valence-electron chi connectivity index (χ4n) is 3.55. The second-order valence-electron chi connectivity index (χ2n) is 6.33. The number of carbonyl (C=O) groups is 2. The minimum atomic E-state index is -0.349. The van der Waals surface area contributed by atoms with Crippen LogP contribution in [0.1, 0.15) is 51.4 Å². The number of rotatable bonds is 3. The number of amides is 2. The quantitative estimate of drug-likeness (QED) is 0.771. The second kappa shape index (κ2) is 4.34. The van der Waals surface area contributed by atoms with Gasteiger partial charge in [0.05, 0.1) is 5.41 Å². The fourth-order valence-corrected chi connectivity index (χ4v) is 3.55. The lowest BCUT2D eigenvalue weighted by Gasteiger charge is -2.31. The maximum Gasteiger partial charge on any atom is 0.235 e. The molecule has 1 unspecified atom stereocenters. The predicted octanol–water partition coefficient (Wildman–Crippen LogP) is 1.43. The second-order valence-corrected chi connectivity index (χ2v) is 6.33. The summed E-state index contributed by atoms with van der Waals surface area (Å²) in [4.78, 5) is 26.1. The van der Waals surface area contributed by atoms with E-state index in [1.165, 1.54) is 11.3 Å². The molecule has 3 aliphatic rings. The molecule has 3 fully saturated rings. The van der Waals surface area contributed by atoms with Crippen LogP contribution in [-0.2, 0) is 9.59 Å². The molecule has 3 rings (SSSR count). The zero-order valence-corrected chi connectivity index (χ0v) is 10.9. The molecule has 0 aromatic rings. The lowest BCUT2D eigenvalue weighted by atomic mass is 9.73. The third-order valence-electron chi connectivity index (χ3n) is 4.92. The molecule has 4 heteroatoms. The van der Waals surface area contributed by atoms with E-state index in [9.17, 15) is 9.59 Å². The highest BCUT2D eigenvalue weighted by Gasteiger charge is 2.52. The maximum atomic E-state index is 12.5.